The molecule has 0 spiro atoms. The molecule has 0 aromatic heterocycles. The summed E-state index contributed by atoms with van der Waals surface area (Å²) in [4.78, 5) is 59.7. The molecule has 12 heteroatoms. The van der Waals surface area contributed by atoms with Crippen molar-refractivity contribution in [2.24, 2.45) is 5.92 Å². The van der Waals surface area contributed by atoms with Crippen LogP contribution in [0.4, 0.5) is 15.3 Å². The molecule has 0 bridgehead atoms. The number of para-hydroxylation sites is 1. The molecule has 2 aromatic rings. The molecule has 12 nitrogen and oxygen atoms in total. The minimum atomic E-state index is -1.00. The number of aryl methyl sites for hydroxylation is 2. The van der Waals surface area contributed by atoms with Gasteiger partial charge in [0, 0.05) is 63.3 Å². The highest BCUT2D eigenvalue weighted by molar-refractivity contribution is 5.91. The van der Waals surface area contributed by atoms with Crippen LogP contribution in [0, 0.1) is 19.8 Å². The molecule has 51 heavy (non-hydrogen) atoms. The van der Waals surface area contributed by atoms with Crippen molar-refractivity contribution in [3.63, 3.8) is 0 Å². The molecule has 0 aliphatic carbocycles. The van der Waals surface area contributed by atoms with E-state index in [1.807, 2.05) is 60.0 Å². The minimum absolute atomic E-state index is 0.000523. The van der Waals surface area contributed by atoms with E-state index < -0.39 is 18.2 Å². The Morgan fingerprint density at radius 3 is 2.16 bits per heavy atom. The molecule has 0 radical (unpaired) electrons. The quantitative estimate of drug-likeness (QED) is 0.325. The number of aromatic hydroxyl groups is 1. The molecule has 6 rings (SSSR count). The van der Waals surface area contributed by atoms with Crippen molar-refractivity contribution in [1.29, 1.82) is 0 Å². The van der Waals surface area contributed by atoms with Gasteiger partial charge in [-0.2, -0.15) is 0 Å². The summed E-state index contributed by atoms with van der Waals surface area (Å²) in [7, 11) is 0. The Kier molecular flexibility index (Phi) is 11.7. The van der Waals surface area contributed by atoms with Crippen LogP contribution < -0.4 is 5.32 Å². The van der Waals surface area contributed by atoms with Crippen LogP contribution in [0.25, 0.3) is 0 Å². The van der Waals surface area contributed by atoms with Gasteiger partial charge in [0.05, 0.1) is 0 Å². The van der Waals surface area contributed by atoms with E-state index in [9.17, 15) is 24.3 Å². The summed E-state index contributed by atoms with van der Waals surface area (Å²) in [6, 6.07) is 11.8. The van der Waals surface area contributed by atoms with E-state index in [-0.39, 0.29) is 36.6 Å². The van der Waals surface area contributed by atoms with E-state index in [4.69, 9.17) is 9.84 Å². The molecule has 4 aliphatic rings. The summed E-state index contributed by atoms with van der Waals surface area (Å²) in [5, 5.41) is 22.4. The molecule has 0 unspecified atom stereocenters. The van der Waals surface area contributed by atoms with Gasteiger partial charge in [0.2, 0.25) is 0 Å². The number of fused-ring (bicyclic) bond motifs is 1. The van der Waals surface area contributed by atoms with Crippen LogP contribution in [0.15, 0.2) is 36.4 Å². The van der Waals surface area contributed by atoms with Crippen molar-refractivity contribution in [3.05, 3.63) is 58.7 Å². The molecule has 1 atom stereocenters. The van der Waals surface area contributed by atoms with Crippen molar-refractivity contribution in [2.45, 2.75) is 96.2 Å². The third-order valence-electron chi connectivity index (χ3n) is 11.5. The van der Waals surface area contributed by atoms with Gasteiger partial charge < -0.3 is 39.9 Å². The lowest BCUT2D eigenvalue weighted by Gasteiger charge is -2.42. The molecule has 4 heterocycles. The van der Waals surface area contributed by atoms with Gasteiger partial charge in [-0.3, -0.25) is 9.59 Å². The number of carbonyl (C=O) groups is 4. The Balaban J connectivity index is 1.05. The topological polar surface area (TPSA) is 143 Å². The van der Waals surface area contributed by atoms with Gasteiger partial charge in [0.1, 0.15) is 5.75 Å². The Morgan fingerprint density at radius 2 is 1.49 bits per heavy atom. The highest BCUT2D eigenvalue weighted by Gasteiger charge is 2.37. The van der Waals surface area contributed by atoms with Gasteiger partial charge in [-0.15, -0.1) is 0 Å². The summed E-state index contributed by atoms with van der Waals surface area (Å²) in [6.07, 6.45) is 5.35. The van der Waals surface area contributed by atoms with E-state index in [1.54, 1.807) is 4.90 Å². The van der Waals surface area contributed by atoms with Gasteiger partial charge in [0.25, 0.3) is 5.91 Å². The van der Waals surface area contributed by atoms with Crippen LogP contribution in [-0.4, -0.2) is 118 Å². The number of likely N-dealkylation sites (tertiary alicyclic amines) is 3. The summed E-state index contributed by atoms with van der Waals surface area (Å²) < 4.78 is 6.07. The standard InChI is InChI=1S/C39H53N5O7/c1-26-23-29(24-27(2)36(26)47)25-34(37(48)42-18-12-31(13-19-42)41-16-9-28(10-17-41)7-8-35(45)46)51-39(50)43-20-14-32(15-21-43)44-22-11-30-5-3-4-6-33(30)40-38(44)49/h3-6,23-24,28,31-32,34,47H,7-22,25H2,1-2H3,(H,40,49)(H,45,46)/t34-/m1/s1. The van der Waals surface area contributed by atoms with Gasteiger partial charge >= 0.3 is 18.1 Å². The summed E-state index contributed by atoms with van der Waals surface area (Å²) in [5.41, 5.74) is 4.19. The number of carboxylic acids is 1. The number of carboxylic acid groups (broad SMARTS) is 1. The lowest BCUT2D eigenvalue weighted by atomic mass is 9.90. The average molecular weight is 704 g/mol. The highest BCUT2D eigenvalue weighted by Crippen LogP contribution is 2.29. The lowest BCUT2D eigenvalue weighted by molar-refractivity contribution is -0.142. The third kappa shape index (κ3) is 8.95. The number of aliphatic carboxylic acids is 1. The molecule has 3 saturated heterocycles. The minimum Gasteiger partial charge on any atom is -0.507 e. The predicted octanol–water partition coefficient (Wildman–Crippen LogP) is 5.18. The maximum absolute atomic E-state index is 14.1. The van der Waals surface area contributed by atoms with E-state index in [1.165, 1.54) is 0 Å². The molecule has 2 aromatic carbocycles. The van der Waals surface area contributed by atoms with Gasteiger partial charge in [-0.25, -0.2) is 9.59 Å². The summed E-state index contributed by atoms with van der Waals surface area (Å²) in [5.74, 6) is -0.256. The zero-order chi connectivity index (χ0) is 36.1. The molecule has 3 fully saturated rings. The number of hydrogen-bond acceptors (Lipinski definition) is 7. The van der Waals surface area contributed by atoms with Crippen molar-refractivity contribution < 1.29 is 34.1 Å². The van der Waals surface area contributed by atoms with E-state index in [0.29, 0.717) is 68.7 Å². The molecule has 276 valence electrons. The van der Waals surface area contributed by atoms with Crippen molar-refractivity contribution in [2.75, 3.05) is 51.1 Å². The van der Waals surface area contributed by atoms with Gasteiger partial charge in [-0.05, 0) is 113 Å². The van der Waals surface area contributed by atoms with Crippen molar-refractivity contribution in [3.8, 4) is 5.75 Å². The van der Waals surface area contributed by atoms with Crippen molar-refractivity contribution >= 4 is 29.7 Å². The van der Waals surface area contributed by atoms with E-state index in [2.05, 4.69) is 10.2 Å². The number of anilines is 1. The number of carbonyl (C=O) groups excluding carboxylic acids is 3. The first-order chi connectivity index (χ1) is 24.5. The highest BCUT2D eigenvalue weighted by atomic mass is 16.6. The number of phenols is 1. The number of benzene rings is 2. The lowest BCUT2D eigenvalue weighted by Crippen LogP contribution is -2.53. The zero-order valence-corrected chi connectivity index (χ0v) is 30.0. The molecular weight excluding hydrogens is 650 g/mol. The van der Waals surface area contributed by atoms with Gasteiger partial charge in [0.15, 0.2) is 6.10 Å². The first-order valence-electron chi connectivity index (χ1n) is 18.7. The number of rotatable bonds is 9. The number of ether oxygens (including phenoxy) is 1. The second-order valence-electron chi connectivity index (χ2n) is 14.9. The summed E-state index contributed by atoms with van der Waals surface area (Å²) >= 11 is 0. The number of nitrogens with one attached hydrogen (secondary N) is 1. The number of piperidine rings is 3. The smallest absolute Gasteiger partial charge is 0.410 e. The fraction of sp³-hybridized carbons (Fsp3) is 0.590. The molecule has 4 amide bonds. The zero-order valence-electron chi connectivity index (χ0n) is 30.0. The van der Waals surface area contributed by atoms with Crippen LogP contribution in [-0.2, 0) is 27.2 Å². The van der Waals surface area contributed by atoms with Gasteiger partial charge in [-0.1, -0.05) is 30.3 Å². The van der Waals surface area contributed by atoms with Crippen LogP contribution >= 0.6 is 0 Å². The Bertz CT molecular complexity index is 1550. The monoisotopic (exact) mass is 703 g/mol. The Hall–Kier alpha value is -4.32. The largest absolute Gasteiger partial charge is 0.507 e. The SMILES string of the molecule is Cc1cc(C[C@@H](OC(=O)N2CCC(N3CCc4ccccc4NC3=O)CC2)C(=O)N2CCC(N3CCC(CCC(=O)O)CC3)CC2)cc(C)c1O. The third-order valence-corrected chi connectivity index (χ3v) is 11.5. The molecule has 0 saturated carbocycles. The fourth-order valence-electron chi connectivity index (χ4n) is 8.44. The number of phenolic OH excluding ortho intramolecular Hbond substituents is 1. The first-order valence-corrected chi connectivity index (χ1v) is 18.7. The average Bonchev–Trinajstić information content (AvgIpc) is 3.30. The van der Waals surface area contributed by atoms with E-state index >= 15 is 0 Å². The second kappa shape index (κ2) is 16.4. The maximum Gasteiger partial charge on any atom is 0.410 e. The number of nitrogens with zero attached hydrogens (tertiary/aromatic N) is 4. The number of amides is 4. The normalized spacial score (nSPS) is 20.4. The number of hydrogen-bond donors (Lipinski definition) is 3. The van der Waals surface area contributed by atoms with Crippen LogP contribution in [0.3, 0.4) is 0 Å². The number of urea groups is 1. The molecule has 4 aliphatic heterocycles. The Labute approximate surface area is 300 Å². The fourth-order valence-corrected chi connectivity index (χ4v) is 8.44. The summed E-state index contributed by atoms with van der Waals surface area (Å²) in [6.45, 7) is 8.18. The van der Waals surface area contributed by atoms with Crippen LogP contribution in [0.5, 0.6) is 5.75 Å². The van der Waals surface area contributed by atoms with Crippen LogP contribution in [0.1, 0.15) is 73.6 Å². The first kappa shape index (κ1) is 36.5. The molecule has 3 N–H and O–H groups in total. The van der Waals surface area contributed by atoms with Crippen LogP contribution in [0.2, 0.25) is 0 Å². The van der Waals surface area contributed by atoms with E-state index in [0.717, 1.165) is 68.4 Å². The second-order valence-corrected chi connectivity index (χ2v) is 14.9. The van der Waals surface area contributed by atoms with Crippen molar-refractivity contribution in [1.82, 2.24) is 19.6 Å². The Morgan fingerprint density at radius 1 is 0.863 bits per heavy atom. The maximum atomic E-state index is 14.1. The molecular formula is C39H53N5O7. The predicted molar refractivity (Wildman–Crippen MR) is 193 cm³/mol.